The number of aliphatic hydroxyl groups excluding tert-OH is 3. The first-order valence-corrected chi connectivity index (χ1v) is 4.98. The van der Waals surface area contributed by atoms with Crippen molar-refractivity contribution in [2.24, 2.45) is 0 Å². The Hall–Kier alpha value is -1.02. The molecule has 1 aliphatic heterocycles. The Kier molecular flexibility index (Phi) is 11.7. The average molecular weight is 349 g/mol. The zero-order valence-corrected chi connectivity index (χ0v) is 12.0. The zero-order chi connectivity index (χ0) is 12.6. The summed E-state index contributed by atoms with van der Waals surface area (Å²) in [6.45, 7) is -0.479. The Balaban J connectivity index is -0.000000810. The SMILES string of the molecule is O.O.O.O=c1ccn([C@@H]2O[C@H](CO)[C@@H](O)[C@H]2O)c(=O)[nH]1.[V]. The molecule has 4 atom stereocenters. The van der Waals surface area contributed by atoms with Crippen LogP contribution in [0.2, 0.25) is 0 Å². The summed E-state index contributed by atoms with van der Waals surface area (Å²) in [6.07, 6.45) is -3.58. The number of nitrogens with zero attached hydrogens (tertiary/aromatic N) is 1. The average Bonchev–Trinajstić information content (AvgIpc) is 2.57. The van der Waals surface area contributed by atoms with E-state index in [-0.39, 0.29) is 35.0 Å². The van der Waals surface area contributed by atoms with Crippen molar-refractivity contribution in [2.75, 3.05) is 6.61 Å². The van der Waals surface area contributed by atoms with Gasteiger partial charge in [-0.25, -0.2) is 4.79 Å². The van der Waals surface area contributed by atoms with Crippen molar-refractivity contribution in [3.05, 3.63) is 33.1 Å². The van der Waals surface area contributed by atoms with E-state index in [1.165, 1.54) is 0 Å². The molecule has 2 heterocycles. The van der Waals surface area contributed by atoms with Crippen molar-refractivity contribution >= 4 is 0 Å². The molecule has 0 aliphatic carbocycles. The van der Waals surface area contributed by atoms with E-state index >= 15 is 0 Å². The van der Waals surface area contributed by atoms with Crippen LogP contribution in [0.25, 0.3) is 0 Å². The molecule has 10 N–H and O–H groups in total. The van der Waals surface area contributed by atoms with Crippen molar-refractivity contribution in [2.45, 2.75) is 24.5 Å². The molecule has 1 aliphatic rings. The predicted octanol–water partition coefficient (Wildman–Crippen LogP) is -5.33. The first-order valence-electron chi connectivity index (χ1n) is 4.98. The molecule has 1 aromatic rings. The maximum absolute atomic E-state index is 11.4. The number of aliphatic hydroxyl groups is 3. The Labute approximate surface area is 129 Å². The maximum atomic E-state index is 11.4. The van der Waals surface area contributed by atoms with Crippen LogP contribution in [0.4, 0.5) is 0 Å². The van der Waals surface area contributed by atoms with Crippen LogP contribution in [-0.4, -0.2) is 66.2 Å². The van der Waals surface area contributed by atoms with E-state index in [1.54, 1.807) is 0 Å². The minimum atomic E-state index is -1.35. The van der Waals surface area contributed by atoms with Crippen LogP contribution in [0.5, 0.6) is 0 Å². The molecular weight excluding hydrogens is 331 g/mol. The Morgan fingerprint density at radius 1 is 1.19 bits per heavy atom. The van der Waals surface area contributed by atoms with Gasteiger partial charge in [-0.3, -0.25) is 14.3 Å². The molecule has 0 aromatic carbocycles. The van der Waals surface area contributed by atoms with Gasteiger partial charge >= 0.3 is 5.69 Å². The molecule has 1 aromatic heterocycles. The van der Waals surface area contributed by atoms with Gasteiger partial charge in [-0.1, -0.05) is 0 Å². The van der Waals surface area contributed by atoms with Gasteiger partial charge in [0.1, 0.15) is 18.3 Å². The molecule has 0 spiro atoms. The number of hydrogen-bond donors (Lipinski definition) is 4. The van der Waals surface area contributed by atoms with E-state index in [0.29, 0.717) is 0 Å². The largest absolute Gasteiger partial charge is 0.412 e. The van der Waals surface area contributed by atoms with E-state index in [2.05, 4.69) is 0 Å². The van der Waals surface area contributed by atoms with E-state index in [4.69, 9.17) is 9.84 Å². The zero-order valence-electron chi connectivity index (χ0n) is 10.6. The monoisotopic (exact) mass is 349 g/mol. The van der Waals surface area contributed by atoms with E-state index in [1.807, 2.05) is 4.98 Å². The molecule has 1 fully saturated rings. The fourth-order valence-corrected chi connectivity index (χ4v) is 1.74. The summed E-state index contributed by atoms with van der Waals surface area (Å²) in [6, 6.07) is 1.09. The molecule has 0 amide bonds. The molecule has 2 rings (SSSR count). The third kappa shape index (κ3) is 4.74. The number of rotatable bonds is 2. The van der Waals surface area contributed by atoms with Crippen LogP contribution >= 0.6 is 0 Å². The molecule has 0 unspecified atom stereocenters. The van der Waals surface area contributed by atoms with Gasteiger partial charge in [0.15, 0.2) is 6.23 Å². The van der Waals surface area contributed by atoms with Gasteiger partial charge in [0, 0.05) is 30.8 Å². The molecule has 123 valence electrons. The molecule has 12 heteroatoms. The Morgan fingerprint density at radius 3 is 2.19 bits per heavy atom. The summed E-state index contributed by atoms with van der Waals surface area (Å²) < 4.78 is 6.08. The summed E-state index contributed by atoms with van der Waals surface area (Å²) in [5.74, 6) is 0. The van der Waals surface area contributed by atoms with E-state index in [9.17, 15) is 19.8 Å². The fraction of sp³-hybridized carbons (Fsp3) is 0.556. The van der Waals surface area contributed by atoms with Gasteiger partial charge in [-0.2, -0.15) is 0 Å². The molecule has 0 saturated carbocycles. The van der Waals surface area contributed by atoms with Crippen LogP contribution in [0, 0.1) is 0 Å². The molecule has 0 bridgehead atoms. The van der Waals surface area contributed by atoms with Crippen molar-refractivity contribution in [3.8, 4) is 0 Å². The number of H-pyrrole nitrogens is 1. The second kappa shape index (κ2) is 9.84. The van der Waals surface area contributed by atoms with Crippen LogP contribution in [0.3, 0.4) is 0 Å². The molecule has 1 saturated heterocycles. The second-order valence-corrected chi connectivity index (χ2v) is 3.75. The van der Waals surface area contributed by atoms with E-state index < -0.39 is 42.4 Å². The maximum Gasteiger partial charge on any atom is 0.330 e. The van der Waals surface area contributed by atoms with Gasteiger partial charge in [0.25, 0.3) is 5.56 Å². The van der Waals surface area contributed by atoms with Crippen molar-refractivity contribution < 1.29 is 55.0 Å². The minimum absolute atomic E-state index is 0. The van der Waals surface area contributed by atoms with Crippen LogP contribution in [0.15, 0.2) is 21.9 Å². The van der Waals surface area contributed by atoms with Crippen LogP contribution in [0.1, 0.15) is 6.23 Å². The first kappa shape index (κ1) is 25.0. The third-order valence-electron chi connectivity index (χ3n) is 2.64. The van der Waals surface area contributed by atoms with Crippen LogP contribution in [-0.2, 0) is 23.3 Å². The second-order valence-electron chi connectivity index (χ2n) is 3.75. The summed E-state index contributed by atoms with van der Waals surface area (Å²) in [5.41, 5.74) is -1.33. The van der Waals surface area contributed by atoms with Gasteiger partial charge in [-0.15, -0.1) is 0 Å². The predicted molar refractivity (Wildman–Crippen MR) is 65.2 cm³/mol. The number of nitrogens with one attached hydrogen (secondary N) is 1. The summed E-state index contributed by atoms with van der Waals surface area (Å²) in [7, 11) is 0. The smallest absolute Gasteiger partial charge is 0.330 e. The van der Waals surface area contributed by atoms with E-state index in [0.717, 1.165) is 16.8 Å². The van der Waals surface area contributed by atoms with Crippen molar-refractivity contribution in [3.63, 3.8) is 0 Å². The number of hydrogen-bond acceptors (Lipinski definition) is 6. The fourth-order valence-electron chi connectivity index (χ4n) is 1.74. The summed E-state index contributed by atoms with van der Waals surface area (Å²) in [4.78, 5) is 24.3. The topological polar surface area (TPSA) is 219 Å². The Morgan fingerprint density at radius 2 is 1.76 bits per heavy atom. The molecular formula is C9H18N2O9V. The number of aromatic amines is 1. The number of ether oxygens (including phenoxy) is 1. The summed E-state index contributed by atoms with van der Waals surface area (Å²) in [5, 5.41) is 28.1. The van der Waals surface area contributed by atoms with Crippen LogP contribution < -0.4 is 11.2 Å². The van der Waals surface area contributed by atoms with Gasteiger partial charge < -0.3 is 36.5 Å². The van der Waals surface area contributed by atoms with Gasteiger partial charge in [0.05, 0.1) is 6.61 Å². The number of aromatic nitrogens is 2. The molecule has 1 radical (unpaired) electrons. The van der Waals surface area contributed by atoms with Crippen molar-refractivity contribution in [1.29, 1.82) is 0 Å². The quantitative estimate of drug-likeness (QED) is 0.408. The molecule has 11 nitrogen and oxygen atoms in total. The summed E-state index contributed by atoms with van der Waals surface area (Å²) >= 11 is 0. The minimum Gasteiger partial charge on any atom is -0.412 e. The Bertz CT molecular complexity index is 518. The third-order valence-corrected chi connectivity index (χ3v) is 2.64. The standard InChI is InChI=1S/C9H12N2O6.3H2O.V/c12-3-4-6(14)7(15)8(17-4)11-2-1-5(13)10-9(11)16;;;;/h1-2,4,6-8,12,14-15H,3H2,(H,10,13,16);3*1H2;/t4-,6-,7-,8-;;;;/m1..../s1. The normalized spacial score (nSPS) is 26.6. The first-order chi connectivity index (χ1) is 8.04. The van der Waals surface area contributed by atoms with Gasteiger partial charge in [0.2, 0.25) is 0 Å². The van der Waals surface area contributed by atoms with Crippen molar-refractivity contribution in [1.82, 2.24) is 9.55 Å². The molecule has 21 heavy (non-hydrogen) atoms. The van der Waals surface area contributed by atoms with Gasteiger partial charge in [-0.05, 0) is 0 Å².